The van der Waals surface area contributed by atoms with Crippen molar-refractivity contribution in [3.8, 4) is 5.75 Å². The van der Waals surface area contributed by atoms with Crippen LogP contribution in [0.1, 0.15) is 0 Å². The molecule has 1 aromatic rings. The Morgan fingerprint density at radius 2 is 2.36 bits per heavy atom. The van der Waals surface area contributed by atoms with E-state index in [1.54, 1.807) is 24.3 Å². The molecule has 0 saturated heterocycles. The molecule has 5 nitrogen and oxygen atoms in total. The van der Waals surface area contributed by atoms with Crippen LogP contribution >= 0.6 is 0 Å². The summed E-state index contributed by atoms with van der Waals surface area (Å²) in [5.41, 5.74) is 0.603. The number of nitrogens with two attached hydrogens (primary N) is 1. The minimum absolute atomic E-state index is 0.243. The van der Waals surface area contributed by atoms with Crippen molar-refractivity contribution >= 4 is 11.7 Å². The molecule has 0 aliphatic heterocycles. The molecule has 0 fully saturated rings. The first kappa shape index (κ1) is 10.3. The maximum Gasteiger partial charge on any atom is 0.324 e. The Labute approximate surface area is 81.7 Å². The maximum atomic E-state index is 10.4. The van der Waals surface area contributed by atoms with E-state index in [2.05, 4.69) is 0 Å². The highest BCUT2D eigenvalue weighted by molar-refractivity contribution is 5.73. The fourth-order valence-corrected chi connectivity index (χ4v) is 1.03. The van der Waals surface area contributed by atoms with E-state index in [1.165, 1.54) is 7.11 Å². The molecule has 0 saturated carbocycles. The first-order valence-corrected chi connectivity index (χ1v) is 4.01. The van der Waals surface area contributed by atoms with Gasteiger partial charge in [0.1, 0.15) is 12.3 Å². The summed E-state index contributed by atoms with van der Waals surface area (Å²) in [6, 6.07) is 6.89. The van der Waals surface area contributed by atoms with Gasteiger partial charge in [0.15, 0.2) is 0 Å². The quantitative estimate of drug-likeness (QED) is 0.540. The highest BCUT2D eigenvalue weighted by atomic mass is 16.5. The van der Waals surface area contributed by atoms with Crippen molar-refractivity contribution in [1.82, 2.24) is 0 Å². The van der Waals surface area contributed by atoms with Gasteiger partial charge >= 0.3 is 5.97 Å². The minimum atomic E-state index is -0.977. The normalized spacial score (nSPS) is 9.57. The molecule has 3 N–H and O–H groups in total. The van der Waals surface area contributed by atoms with Gasteiger partial charge in [-0.15, -0.1) is 0 Å². The third-order valence-corrected chi connectivity index (χ3v) is 1.69. The van der Waals surface area contributed by atoms with E-state index in [-0.39, 0.29) is 6.54 Å². The molecule has 5 heteroatoms. The Morgan fingerprint density at radius 3 is 2.93 bits per heavy atom. The third-order valence-electron chi connectivity index (χ3n) is 1.69. The predicted molar refractivity (Wildman–Crippen MR) is 52.2 cm³/mol. The number of anilines is 1. The van der Waals surface area contributed by atoms with Gasteiger partial charge in [-0.25, -0.2) is 5.84 Å². The van der Waals surface area contributed by atoms with E-state index in [0.717, 1.165) is 5.01 Å². The standard InChI is InChI=1S/C9H12N2O3/c1-14-8-4-2-3-7(5-8)11(10)6-9(12)13/h2-5H,6,10H2,1H3,(H,12,13). The molecule has 1 rings (SSSR count). The van der Waals surface area contributed by atoms with Crippen LogP contribution in [0, 0.1) is 0 Å². The van der Waals surface area contributed by atoms with Crippen LogP contribution in [0.5, 0.6) is 5.75 Å². The summed E-state index contributed by atoms with van der Waals surface area (Å²) >= 11 is 0. The molecule has 0 atom stereocenters. The second kappa shape index (κ2) is 4.48. The fraction of sp³-hybridized carbons (Fsp3) is 0.222. The largest absolute Gasteiger partial charge is 0.497 e. The molecule has 0 aliphatic carbocycles. The molecular formula is C9H12N2O3. The molecule has 0 amide bonds. The topological polar surface area (TPSA) is 75.8 Å². The lowest BCUT2D eigenvalue weighted by atomic mass is 10.3. The fourth-order valence-electron chi connectivity index (χ4n) is 1.03. The molecule has 76 valence electrons. The monoisotopic (exact) mass is 196 g/mol. The Kier molecular flexibility index (Phi) is 3.30. The number of hydrogen-bond acceptors (Lipinski definition) is 4. The van der Waals surface area contributed by atoms with Gasteiger partial charge in [-0.2, -0.15) is 0 Å². The third kappa shape index (κ3) is 2.63. The van der Waals surface area contributed by atoms with Crippen LogP contribution in [0.25, 0.3) is 0 Å². The Bertz CT molecular complexity index is 328. The number of carboxylic acids is 1. The number of hydrazine groups is 1. The van der Waals surface area contributed by atoms with Gasteiger partial charge in [0.2, 0.25) is 0 Å². The summed E-state index contributed by atoms with van der Waals surface area (Å²) in [5.74, 6) is 5.18. The van der Waals surface area contributed by atoms with Crippen molar-refractivity contribution in [1.29, 1.82) is 0 Å². The number of benzene rings is 1. The highest BCUT2D eigenvalue weighted by Crippen LogP contribution is 2.18. The smallest absolute Gasteiger partial charge is 0.324 e. The van der Waals surface area contributed by atoms with Crippen molar-refractivity contribution in [2.24, 2.45) is 5.84 Å². The summed E-state index contributed by atoms with van der Waals surface area (Å²) in [5, 5.41) is 9.66. The molecule has 0 spiro atoms. The van der Waals surface area contributed by atoms with E-state index >= 15 is 0 Å². The number of aliphatic carboxylic acids is 1. The number of rotatable bonds is 4. The second-order valence-electron chi connectivity index (χ2n) is 2.72. The summed E-state index contributed by atoms with van der Waals surface area (Å²) in [6.45, 7) is -0.243. The van der Waals surface area contributed by atoms with Gasteiger partial charge < -0.3 is 9.84 Å². The minimum Gasteiger partial charge on any atom is -0.497 e. The molecular weight excluding hydrogens is 184 g/mol. The van der Waals surface area contributed by atoms with Crippen molar-refractivity contribution < 1.29 is 14.6 Å². The number of carboxylic acid groups (broad SMARTS) is 1. The van der Waals surface area contributed by atoms with E-state index in [4.69, 9.17) is 15.7 Å². The summed E-state index contributed by atoms with van der Waals surface area (Å²) in [7, 11) is 1.54. The van der Waals surface area contributed by atoms with E-state index in [9.17, 15) is 4.79 Å². The highest BCUT2D eigenvalue weighted by Gasteiger charge is 2.06. The molecule has 0 aromatic heterocycles. The van der Waals surface area contributed by atoms with Gasteiger partial charge in [-0.05, 0) is 12.1 Å². The summed E-state index contributed by atoms with van der Waals surface area (Å²) in [4.78, 5) is 10.4. The Hall–Kier alpha value is -1.75. The van der Waals surface area contributed by atoms with Gasteiger partial charge in [0.25, 0.3) is 0 Å². The lowest BCUT2D eigenvalue weighted by molar-refractivity contribution is -0.135. The van der Waals surface area contributed by atoms with Crippen LogP contribution in [0.3, 0.4) is 0 Å². The molecule has 0 aliphatic rings. The maximum absolute atomic E-state index is 10.4. The van der Waals surface area contributed by atoms with Crippen molar-refractivity contribution in [3.05, 3.63) is 24.3 Å². The first-order chi connectivity index (χ1) is 6.63. The molecule has 0 bridgehead atoms. The molecule has 1 aromatic carbocycles. The second-order valence-corrected chi connectivity index (χ2v) is 2.72. The van der Waals surface area contributed by atoms with Gasteiger partial charge in [-0.1, -0.05) is 6.07 Å². The van der Waals surface area contributed by atoms with Crippen LogP contribution in [0.4, 0.5) is 5.69 Å². The molecule has 0 unspecified atom stereocenters. The zero-order valence-corrected chi connectivity index (χ0v) is 7.80. The van der Waals surface area contributed by atoms with Crippen molar-refractivity contribution in [3.63, 3.8) is 0 Å². The summed E-state index contributed by atoms with van der Waals surface area (Å²) in [6.07, 6.45) is 0. The van der Waals surface area contributed by atoms with Crippen LogP contribution in [-0.4, -0.2) is 24.7 Å². The van der Waals surface area contributed by atoms with E-state index in [1.807, 2.05) is 0 Å². The lowest BCUT2D eigenvalue weighted by Crippen LogP contribution is -2.35. The average Bonchev–Trinajstić information content (AvgIpc) is 2.17. The van der Waals surface area contributed by atoms with Gasteiger partial charge in [-0.3, -0.25) is 9.80 Å². The zero-order chi connectivity index (χ0) is 10.6. The number of nitrogens with zero attached hydrogens (tertiary/aromatic N) is 1. The molecule has 0 heterocycles. The number of methoxy groups -OCH3 is 1. The van der Waals surface area contributed by atoms with Crippen molar-refractivity contribution in [2.45, 2.75) is 0 Å². The molecule has 0 radical (unpaired) electrons. The van der Waals surface area contributed by atoms with E-state index < -0.39 is 5.97 Å². The van der Waals surface area contributed by atoms with Crippen LogP contribution in [0.2, 0.25) is 0 Å². The van der Waals surface area contributed by atoms with Gasteiger partial charge in [0, 0.05) is 6.07 Å². The lowest BCUT2D eigenvalue weighted by Gasteiger charge is -2.16. The SMILES string of the molecule is COc1cccc(N(N)CC(=O)O)c1. The van der Waals surface area contributed by atoms with Crippen LogP contribution in [-0.2, 0) is 4.79 Å². The Balaban J connectivity index is 2.78. The summed E-state index contributed by atoms with van der Waals surface area (Å²) < 4.78 is 4.98. The number of hydrogen-bond donors (Lipinski definition) is 2. The average molecular weight is 196 g/mol. The number of carbonyl (C=O) groups is 1. The van der Waals surface area contributed by atoms with Gasteiger partial charge in [0.05, 0.1) is 12.8 Å². The zero-order valence-electron chi connectivity index (χ0n) is 7.80. The number of ether oxygens (including phenoxy) is 1. The van der Waals surface area contributed by atoms with Crippen molar-refractivity contribution in [2.75, 3.05) is 18.7 Å². The first-order valence-electron chi connectivity index (χ1n) is 4.01. The van der Waals surface area contributed by atoms with E-state index in [0.29, 0.717) is 11.4 Å². The van der Waals surface area contributed by atoms with Crippen LogP contribution in [0.15, 0.2) is 24.3 Å². The molecule has 14 heavy (non-hydrogen) atoms. The Morgan fingerprint density at radius 1 is 1.64 bits per heavy atom. The predicted octanol–water partition coefficient (Wildman–Crippen LogP) is 0.460. The van der Waals surface area contributed by atoms with Crippen LogP contribution < -0.4 is 15.6 Å².